The number of benzene rings is 2. The Morgan fingerprint density at radius 1 is 1.27 bits per heavy atom. The molecule has 30 heavy (non-hydrogen) atoms. The Labute approximate surface area is 181 Å². The molecule has 7 nitrogen and oxygen atoms in total. The number of nitriles is 1. The fourth-order valence-electron chi connectivity index (χ4n) is 4.18. The molecule has 154 valence electrons. The molecule has 1 aromatic heterocycles. The van der Waals surface area contributed by atoms with Crippen molar-refractivity contribution in [2.75, 3.05) is 12.4 Å². The van der Waals surface area contributed by atoms with Crippen LogP contribution < -0.4 is 15.7 Å². The lowest BCUT2D eigenvalue weighted by molar-refractivity contribution is -0.121. The van der Waals surface area contributed by atoms with E-state index in [1.807, 2.05) is 22.8 Å². The zero-order chi connectivity index (χ0) is 21.3. The van der Waals surface area contributed by atoms with Crippen molar-refractivity contribution in [3.05, 3.63) is 56.9 Å². The Hall–Kier alpha value is -3.05. The van der Waals surface area contributed by atoms with E-state index in [1.54, 1.807) is 18.2 Å². The van der Waals surface area contributed by atoms with Crippen molar-refractivity contribution in [1.82, 2.24) is 9.55 Å². The number of rotatable bonds is 4. The third-order valence-electron chi connectivity index (χ3n) is 5.72. The Kier molecular flexibility index (Phi) is 5.64. The number of carbonyl (C=O) groups excluding carboxylic acids is 1. The highest BCUT2D eigenvalue weighted by Crippen LogP contribution is 2.35. The number of aromatic amines is 1. The summed E-state index contributed by atoms with van der Waals surface area (Å²) in [6.45, 7) is 0. The van der Waals surface area contributed by atoms with Gasteiger partial charge in [-0.05, 0) is 65.9 Å². The number of halogens is 1. The first kappa shape index (κ1) is 20.2. The predicted octanol–water partition coefficient (Wildman–Crippen LogP) is 4.34. The molecule has 0 saturated heterocycles. The number of carbonyl (C=O) groups is 1. The molecule has 1 aliphatic carbocycles. The molecular formula is C22H21BrN4O3. The van der Waals surface area contributed by atoms with Gasteiger partial charge in [-0.25, -0.2) is 4.79 Å². The van der Waals surface area contributed by atoms with Crippen LogP contribution in [0.1, 0.15) is 37.3 Å². The second kappa shape index (κ2) is 8.36. The largest absolute Gasteiger partial charge is 0.495 e. The van der Waals surface area contributed by atoms with Gasteiger partial charge in [-0.15, -0.1) is 0 Å². The number of para-hydroxylation sites is 1. The lowest BCUT2D eigenvalue weighted by atomic mass is 9.85. The van der Waals surface area contributed by atoms with Gasteiger partial charge < -0.3 is 15.0 Å². The predicted molar refractivity (Wildman–Crippen MR) is 118 cm³/mol. The average molecular weight is 469 g/mol. The lowest BCUT2D eigenvalue weighted by Gasteiger charge is -2.28. The van der Waals surface area contributed by atoms with Crippen molar-refractivity contribution in [2.45, 2.75) is 31.7 Å². The summed E-state index contributed by atoms with van der Waals surface area (Å²) in [6.07, 6.45) is 2.93. The summed E-state index contributed by atoms with van der Waals surface area (Å²) in [5.41, 5.74) is 2.60. The number of amides is 1. The van der Waals surface area contributed by atoms with Gasteiger partial charge in [-0.2, -0.15) is 5.26 Å². The Balaban J connectivity index is 1.45. The molecule has 2 N–H and O–H groups in total. The number of imidazole rings is 1. The molecule has 1 fully saturated rings. The minimum atomic E-state index is -0.116. The van der Waals surface area contributed by atoms with Crippen molar-refractivity contribution < 1.29 is 9.53 Å². The summed E-state index contributed by atoms with van der Waals surface area (Å²) in [5.74, 6) is 0.272. The van der Waals surface area contributed by atoms with Crippen molar-refractivity contribution >= 4 is 38.6 Å². The highest BCUT2D eigenvalue weighted by molar-refractivity contribution is 9.10. The first-order chi connectivity index (χ1) is 14.5. The molecule has 0 spiro atoms. The van der Waals surface area contributed by atoms with Crippen LogP contribution in [-0.4, -0.2) is 22.6 Å². The molecule has 0 aliphatic heterocycles. The quantitative estimate of drug-likeness (QED) is 0.594. The number of aromatic nitrogens is 2. The van der Waals surface area contributed by atoms with Crippen molar-refractivity contribution in [3.8, 4) is 11.8 Å². The van der Waals surface area contributed by atoms with E-state index in [2.05, 4.69) is 32.3 Å². The van der Waals surface area contributed by atoms with Gasteiger partial charge >= 0.3 is 5.69 Å². The number of nitrogens with one attached hydrogen (secondary N) is 2. The van der Waals surface area contributed by atoms with Gasteiger partial charge in [0, 0.05) is 28.2 Å². The van der Waals surface area contributed by atoms with Crippen LogP contribution in [0, 0.1) is 17.2 Å². The van der Waals surface area contributed by atoms with Crippen LogP contribution in [0.3, 0.4) is 0 Å². The van der Waals surface area contributed by atoms with E-state index in [-0.39, 0.29) is 23.6 Å². The van der Waals surface area contributed by atoms with E-state index >= 15 is 0 Å². The standard InChI is InChI=1S/C22H21BrN4O3/c1-30-19-11-15(8-5-14(19)12-24)25-21(28)13-6-9-16(10-7-13)27-18-4-2-3-17(23)20(18)26-22(27)29/h2-5,8,11,13,16H,6-7,9-10H2,1H3,(H,25,28)(H,26,29)/t13-,16+. The Bertz CT molecular complexity index is 1200. The van der Waals surface area contributed by atoms with Crippen LogP contribution in [0.25, 0.3) is 11.0 Å². The maximum absolute atomic E-state index is 12.7. The highest BCUT2D eigenvalue weighted by Gasteiger charge is 2.29. The minimum Gasteiger partial charge on any atom is -0.495 e. The van der Waals surface area contributed by atoms with Gasteiger partial charge in [-0.3, -0.25) is 9.36 Å². The second-order valence-corrected chi connectivity index (χ2v) is 8.31. The van der Waals surface area contributed by atoms with Crippen LogP contribution in [0.5, 0.6) is 5.75 Å². The van der Waals surface area contributed by atoms with E-state index < -0.39 is 0 Å². The highest BCUT2D eigenvalue weighted by atomic mass is 79.9. The average Bonchev–Trinajstić information content (AvgIpc) is 3.11. The SMILES string of the molecule is COc1cc(NC(=O)[C@H]2CC[C@@H](n3c(=O)[nH]c4c(Br)cccc43)CC2)ccc1C#N. The van der Waals surface area contributed by atoms with Crippen LogP contribution in [-0.2, 0) is 4.79 Å². The summed E-state index contributed by atoms with van der Waals surface area (Å²) in [7, 11) is 1.49. The lowest BCUT2D eigenvalue weighted by Crippen LogP contribution is -2.31. The van der Waals surface area contributed by atoms with E-state index in [0.717, 1.165) is 28.3 Å². The molecule has 4 rings (SSSR count). The maximum atomic E-state index is 12.7. The fraction of sp³-hybridized carbons (Fsp3) is 0.318. The number of nitrogens with zero attached hydrogens (tertiary/aromatic N) is 2. The van der Waals surface area contributed by atoms with Crippen molar-refractivity contribution in [3.63, 3.8) is 0 Å². The molecule has 0 radical (unpaired) electrons. The Morgan fingerprint density at radius 3 is 2.73 bits per heavy atom. The van der Waals surface area contributed by atoms with Crippen molar-refractivity contribution in [1.29, 1.82) is 5.26 Å². The number of methoxy groups -OCH3 is 1. The molecule has 2 aromatic carbocycles. The molecule has 0 atom stereocenters. The second-order valence-electron chi connectivity index (χ2n) is 7.46. The smallest absolute Gasteiger partial charge is 0.326 e. The van der Waals surface area contributed by atoms with Crippen LogP contribution >= 0.6 is 15.9 Å². The molecule has 1 aliphatic rings. The van der Waals surface area contributed by atoms with E-state index in [9.17, 15) is 9.59 Å². The molecule has 3 aromatic rings. The number of anilines is 1. The van der Waals surface area contributed by atoms with Gasteiger partial charge in [0.2, 0.25) is 5.91 Å². The summed E-state index contributed by atoms with van der Waals surface area (Å²) in [6, 6.07) is 12.9. The van der Waals surface area contributed by atoms with Gasteiger partial charge in [0.1, 0.15) is 11.8 Å². The topological polar surface area (TPSA) is 99.9 Å². The molecule has 8 heteroatoms. The zero-order valence-electron chi connectivity index (χ0n) is 16.4. The van der Waals surface area contributed by atoms with Gasteiger partial charge in [0.05, 0.1) is 23.7 Å². The molecule has 1 amide bonds. The van der Waals surface area contributed by atoms with E-state index in [1.165, 1.54) is 7.11 Å². The number of fused-ring (bicyclic) bond motifs is 1. The van der Waals surface area contributed by atoms with E-state index in [0.29, 0.717) is 29.8 Å². The van der Waals surface area contributed by atoms with E-state index in [4.69, 9.17) is 10.00 Å². The van der Waals surface area contributed by atoms with Gasteiger partial charge in [0.15, 0.2) is 0 Å². The normalized spacial score (nSPS) is 18.7. The first-order valence-corrected chi connectivity index (χ1v) is 10.6. The van der Waals surface area contributed by atoms with Crippen LogP contribution in [0.4, 0.5) is 5.69 Å². The van der Waals surface area contributed by atoms with Gasteiger partial charge in [-0.1, -0.05) is 6.07 Å². The van der Waals surface area contributed by atoms with Gasteiger partial charge in [0.25, 0.3) is 0 Å². The van der Waals surface area contributed by atoms with Crippen LogP contribution in [0.15, 0.2) is 45.7 Å². The van der Waals surface area contributed by atoms with Crippen LogP contribution in [0.2, 0.25) is 0 Å². The number of hydrogen-bond donors (Lipinski definition) is 2. The fourth-order valence-corrected chi connectivity index (χ4v) is 4.63. The monoisotopic (exact) mass is 468 g/mol. The third-order valence-corrected chi connectivity index (χ3v) is 6.38. The first-order valence-electron chi connectivity index (χ1n) is 9.79. The summed E-state index contributed by atoms with van der Waals surface area (Å²) in [4.78, 5) is 28.2. The maximum Gasteiger partial charge on any atom is 0.326 e. The van der Waals surface area contributed by atoms with Crippen molar-refractivity contribution in [2.24, 2.45) is 5.92 Å². The summed E-state index contributed by atoms with van der Waals surface area (Å²) in [5, 5.41) is 12.0. The molecule has 0 unspecified atom stereocenters. The Morgan fingerprint density at radius 2 is 2.03 bits per heavy atom. The summed E-state index contributed by atoms with van der Waals surface area (Å²) >= 11 is 3.48. The third kappa shape index (κ3) is 3.73. The molecule has 0 bridgehead atoms. The zero-order valence-corrected chi connectivity index (χ0v) is 18.0. The summed E-state index contributed by atoms with van der Waals surface area (Å²) < 4.78 is 7.88. The number of ether oxygens (including phenoxy) is 1. The number of hydrogen-bond acceptors (Lipinski definition) is 4. The minimum absolute atomic E-state index is 0.0470. The molecular weight excluding hydrogens is 448 g/mol. The molecule has 1 saturated carbocycles. The number of H-pyrrole nitrogens is 1. The molecule has 1 heterocycles.